The summed E-state index contributed by atoms with van der Waals surface area (Å²) in [5, 5.41) is 1.17. The van der Waals surface area contributed by atoms with Gasteiger partial charge in [0, 0.05) is 18.5 Å². The molecular formula is C20H39BrO2. The molecule has 3 heteroatoms. The number of hydrogen-bond acceptors (Lipinski definition) is 2. The molecule has 0 radical (unpaired) electrons. The van der Waals surface area contributed by atoms with Gasteiger partial charge in [0.25, 0.3) is 0 Å². The molecule has 0 bridgehead atoms. The fourth-order valence-corrected chi connectivity index (χ4v) is 3.59. The lowest BCUT2D eigenvalue weighted by atomic mass is 10.0. The summed E-state index contributed by atoms with van der Waals surface area (Å²) in [4.78, 5) is 0. The van der Waals surface area contributed by atoms with Crippen molar-refractivity contribution < 1.29 is 9.47 Å². The zero-order valence-corrected chi connectivity index (χ0v) is 16.8. The van der Waals surface area contributed by atoms with Crippen LogP contribution < -0.4 is 0 Å². The number of unbranched alkanes of at least 4 members (excludes halogenated alkanes) is 12. The van der Waals surface area contributed by atoms with Crippen LogP contribution in [0.2, 0.25) is 0 Å². The zero-order chi connectivity index (χ0) is 16.4. The summed E-state index contributed by atoms with van der Waals surface area (Å²) < 4.78 is 11.3. The van der Waals surface area contributed by atoms with Gasteiger partial charge in [-0.25, -0.2) is 0 Å². The van der Waals surface area contributed by atoms with Gasteiger partial charge in [-0.3, -0.25) is 0 Å². The third-order valence-electron chi connectivity index (χ3n) is 4.72. The molecule has 0 aromatic heterocycles. The molecule has 1 heterocycles. The van der Waals surface area contributed by atoms with Gasteiger partial charge < -0.3 is 9.47 Å². The molecule has 1 aliphatic heterocycles. The van der Waals surface area contributed by atoms with E-state index in [0.29, 0.717) is 0 Å². The Balaban J connectivity index is 1.67. The van der Waals surface area contributed by atoms with E-state index in [1.165, 1.54) is 102 Å². The van der Waals surface area contributed by atoms with E-state index < -0.39 is 0 Å². The molecule has 1 atom stereocenters. The minimum atomic E-state index is 0.100. The maximum Gasteiger partial charge on any atom is 0.157 e. The largest absolute Gasteiger partial charge is 0.353 e. The minimum Gasteiger partial charge on any atom is -0.353 e. The second kappa shape index (κ2) is 17.2. The monoisotopic (exact) mass is 390 g/mol. The summed E-state index contributed by atoms with van der Waals surface area (Å²) in [7, 11) is 0. The predicted octanol–water partition coefficient (Wildman–Crippen LogP) is 7.00. The van der Waals surface area contributed by atoms with Gasteiger partial charge in [0.2, 0.25) is 0 Å². The average molecular weight is 391 g/mol. The fourth-order valence-electron chi connectivity index (χ4n) is 3.20. The highest BCUT2D eigenvalue weighted by Gasteiger charge is 2.13. The van der Waals surface area contributed by atoms with Crippen LogP contribution in [0.4, 0.5) is 0 Å². The molecule has 0 aliphatic carbocycles. The highest BCUT2D eigenvalue weighted by atomic mass is 79.9. The van der Waals surface area contributed by atoms with E-state index in [1.54, 1.807) is 0 Å². The summed E-state index contributed by atoms with van der Waals surface area (Å²) >= 11 is 3.49. The lowest BCUT2D eigenvalue weighted by Gasteiger charge is -2.22. The van der Waals surface area contributed by atoms with Crippen molar-refractivity contribution in [1.82, 2.24) is 0 Å². The summed E-state index contributed by atoms with van der Waals surface area (Å²) in [5.41, 5.74) is 0. The molecule has 0 aromatic carbocycles. The first kappa shape index (κ1) is 21.4. The van der Waals surface area contributed by atoms with Crippen LogP contribution in [0.15, 0.2) is 0 Å². The quantitative estimate of drug-likeness (QED) is 0.208. The van der Waals surface area contributed by atoms with Crippen molar-refractivity contribution in [1.29, 1.82) is 0 Å². The van der Waals surface area contributed by atoms with E-state index in [4.69, 9.17) is 9.47 Å². The first-order valence-electron chi connectivity index (χ1n) is 10.2. The Morgan fingerprint density at radius 1 is 0.696 bits per heavy atom. The molecule has 2 nitrogen and oxygen atoms in total. The maximum atomic E-state index is 5.77. The van der Waals surface area contributed by atoms with E-state index in [9.17, 15) is 0 Å². The lowest BCUT2D eigenvalue weighted by molar-refractivity contribution is -0.162. The SMILES string of the molecule is BrCCCCCCCCCCCCCCCO[C@H]1CCCCO1. The predicted molar refractivity (Wildman–Crippen MR) is 103 cm³/mol. The Morgan fingerprint density at radius 2 is 1.22 bits per heavy atom. The number of halogens is 1. The van der Waals surface area contributed by atoms with E-state index in [2.05, 4.69) is 15.9 Å². The fraction of sp³-hybridized carbons (Fsp3) is 1.00. The van der Waals surface area contributed by atoms with Crippen molar-refractivity contribution in [3.05, 3.63) is 0 Å². The topological polar surface area (TPSA) is 18.5 Å². The highest BCUT2D eigenvalue weighted by Crippen LogP contribution is 2.15. The molecule has 1 rings (SSSR count). The second-order valence-corrected chi connectivity index (χ2v) is 7.75. The van der Waals surface area contributed by atoms with Crippen molar-refractivity contribution >= 4 is 15.9 Å². The molecule has 0 aromatic rings. The molecule has 138 valence electrons. The average Bonchev–Trinajstić information content (AvgIpc) is 2.59. The summed E-state index contributed by atoms with van der Waals surface area (Å²) in [6.07, 6.45) is 21.8. The van der Waals surface area contributed by atoms with E-state index in [1.807, 2.05) is 0 Å². The lowest BCUT2D eigenvalue weighted by Crippen LogP contribution is -2.22. The third kappa shape index (κ3) is 14.4. The van der Waals surface area contributed by atoms with Crippen LogP contribution in [-0.2, 0) is 9.47 Å². The molecule has 0 spiro atoms. The molecular weight excluding hydrogens is 352 g/mol. The van der Waals surface area contributed by atoms with Crippen LogP contribution in [0.25, 0.3) is 0 Å². The van der Waals surface area contributed by atoms with Gasteiger partial charge in [0.15, 0.2) is 6.29 Å². The molecule has 0 unspecified atom stereocenters. The standard InChI is InChI=1S/C20H39BrO2/c21-17-13-10-8-6-4-2-1-3-5-7-9-11-14-18-22-20-16-12-15-19-23-20/h20H,1-19H2/t20-/m1/s1. The highest BCUT2D eigenvalue weighted by molar-refractivity contribution is 9.09. The van der Waals surface area contributed by atoms with Crippen molar-refractivity contribution in [2.24, 2.45) is 0 Å². The normalized spacial score (nSPS) is 18.4. The zero-order valence-electron chi connectivity index (χ0n) is 15.2. The molecule has 23 heavy (non-hydrogen) atoms. The van der Waals surface area contributed by atoms with Crippen molar-refractivity contribution in [3.63, 3.8) is 0 Å². The van der Waals surface area contributed by atoms with Crippen LogP contribution >= 0.6 is 15.9 Å². The second-order valence-electron chi connectivity index (χ2n) is 6.95. The smallest absolute Gasteiger partial charge is 0.157 e. The number of ether oxygens (including phenoxy) is 2. The van der Waals surface area contributed by atoms with E-state index >= 15 is 0 Å². The summed E-state index contributed by atoms with van der Waals surface area (Å²) in [6, 6.07) is 0. The third-order valence-corrected chi connectivity index (χ3v) is 5.28. The van der Waals surface area contributed by atoms with E-state index in [-0.39, 0.29) is 6.29 Å². The van der Waals surface area contributed by atoms with E-state index in [0.717, 1.165) is 19.6 Å². The van der Waals surface area contributed by atoms with Crippen molar-refractivity contribution in [2.45, 2.75) is 109 Å². The summed E-state index contributed by atoms with van der Waals surface area (Å²) in [6.45, 7) is 1.78. The number of rotatable bonds is 16. The van der Waals surface area contributed by atoms with Crippen LogP contribution in [0, 0.1) is 0 Å². The van der Waals surface area contributed by atoms with Gasteiger partial charge in [-0.1, -0.05) is 86.6 Å². The Morgan fingerprint density at radius 3 is 1.70 bits per heavy atom. The van der Waals surface area contributed by atoms with Crippen LogP contribution in [0.5, 0.6) is 0 Å². The number of hydrogen-bond donors (Lipinski definition) is 0. The Labute approximate surface area is 153 Å². The summed E-state index contributed by atoms with van der Waals surface area (Å²) in [5.74, 6) is 0. The van der Waals surface area contributed by atoms with Gasteiger partial charge in [0.05, 0.1) is 0 Å². The number of alkyl halides is 1. The Hall–Kier alpha value is 0.400. The first-order valence-corrected chi connectivity index (χ1v) is 11.3. The Kier molecular flexibility index (Phi) is 16.1. The van der Waals surface area contributed by atoms with Crippen molar-refractivity contribution in [3.8, 4) is 0 Å². The van der Waals surface area contributed by atoms with Gasteiger partial charge in [-0.2, -0.15) is 0 Å². The van der Waals surface area contributed by atoms with Crippen LogP contribution in [0.1, 0.15) is 103 Å². The molecule has 1 fully saturated rings. The van der Waals surface area contributed by atoms with Gasteiger partial charge in [-0.15, -0.1) is 0 Å². The van der Waals surface area contributed by atoms with Crippen molar-refractivity contribution in [2.75, 3.05) is 18.5 Å². The van der Waals surface area contributed by atoms with Gasteiger partial charge in [0.1, 0.15) is 0 Å². The molecule has 0 amide bonds. The van der Waals surface area contributed by atoms with Gasteiger partial charge >= 0.3 is 0 Å². The molecule has 1 aliphatic rings. The Bertz CT molecular complexity index is 230. The molecule has 0 N–H and O–H groups in total. The maximum absolute atomic E-state index is 5.77. The molecule has 0 saturated carbocycles. The van der Waals surface area contributed by atoms with Crippen LogP contribution in [-0.4, -0.2) is 24.8 Å². The minimum absolute atomic E-state index is 0.100. The van der Waals surface area contributed by atoms with Crippen LogP contribution in [0.3, 0.4) is 0 Å². The molecule has 1 saturated heterocycles. The first-order chi connectivity index (χ1) is 11.4. The van der Waals surface area contributed by atoms with Gasteiger partial charge in [-0.05, 0) is 32.1 Å².